The van der Waals surface area contributed by atoms with Gasteiger partial charge in [-0.2, -0.15) is 12.6 Å². The van der Waals surface area contributed by atoms with Crippen molar-refractivity contribution in [3.8, 4) is 0 Å². The Hall–Kier alpha value is -2.67. The summed E-state index contributed by atoms with van der Waals surface area (Å²) in [4.78, 5) is 49.3. The van der Waals surface area contributed by atoms with E-state index in [0.717, 1.165) is 5.56 Å². The van der Waals surface area contributed by atoms with Gasteiger partial charge >= 0.3 is 5.97 Å². The fourth-order valence-electron chi connectivity index (χ4n) is 3.11. The van der Waals surface area contributed by atoms with E-state index in [9.17, 15) is 29.4 Å². The first kappa shape index (κ1) is 29.4. The number of aliphatic carboxylic acids is 1. The lowest BCUT2D eigenvalue weighted by Crippen LogP contribution is -2.58. The van der Waals surface area contributed by atoms with E-state index in [2.05, 4.69) is 28.6 Å². The summed E-state index contributed by atoms with van der Waals surface area (Å²) in [7, 11) is 0. The first-order valence-corrected chi connectivity index (χ1v) is 11.7. The van der Waals surface area contributed by atoms with E-state index in [0.29, 0.717) is 19.4 Å². The average molecular weight is 498 g/mol. The summed E-state index contributed by atoms with van der Waals surface area (Å²) in [6.07, 6.45) is 0.174. The SMILES string of the molecule is CC(O)C(NC(=O)C(CCCCN)NC(=O)C(CS)NC(=O)C(N)Cc1ccccc1)C(=O)O. The summed E-state index contributed by atoms with van der Waals surface area (Å²) >= 11 is 4.12. The van der Waals surface area contributed by atoms with Crippen LogP contribution in [0.3, 0.4) is 0 Å². The Kier molecular flexibility index (Phi) is 13.2. The summed E-state index contributed by atoms with van der Waals surface area (Å²) in [5.74, 6) is -3.47. The van der Waals surface area contributed by atoms with Crippen LogP contribution >= 0.6 is 12.6 Å². The molecule has 34 heavy (non-hydrogen) atoms. The van der Waals surface area contributed by atoms with Crippen LogP contribution in [0, 0.1) is 0 Å². The number of aliphatic hydroxyl groups excluding tert-OH is 1. The van der Waals surface area contributed by atoms with Gasteiger partial charge in [0.15, 0.2) is 6.04 Å². The molecule has 3 amide bonds. The Morgan fingerprint density at radius 2 is 1.56 bits per heavy atom. The third-order valence-corrected chi connectivity index (χ3v) is 5.44. The molecule has 1 aromatic rings. The second-order valence-electron chi connectivity index (χ2n) is 7.95. The van der Waals surface area contributed by atoms with Gasteiger partial charge in [-0.25, -0.2) is 4.79 Å². The molecule has 0 radical (unpaired) electrons. The van der Waals surface area contributed by atoms with Crippen LogP contribution in [0.2, 0.25) is 0 Å². The molecule has 0 aliphatic heterocycles. The van der Waals surface area contributed by atoms with Crippen molar-refractivity contribution in [3.63, 3.8) is 0 Å². The molecule has 5 unspecified atom stereocenters. The number of hydrogen-bond acceptors (Lipinski definition) is 8. The zero-order valence-electron chi connectivity index (χ0n) is 19.1. The minimum absolute atomic E-state index is 0.0573. The van der Waals surface area contributed by atoms with Crippen LogP contribution in [0.25, 0.3) is 0 Å². The topological polar surface area (TPSA) is 197 Å². The highest BCUT2D eigenvalue weighted by Crippen LogP contribution is 2.05. The second kappa shape index (κ2) is 15.3. The van der Waals surface area contributed by atoms with Crippen molar-refractivity contribution in [2.75, 3.05) is 12.3 Å². The van der Waals surface area contributed by atoms with Gasteiger partial charge in [0.1, 0.15) is 12.1 Å². The summed E-state index contributed by atoms with van der Waals surface area (Å²) < 4.78 is 0. The highest BCUT2D eigenvalue weighted by atomic mass is 32.1. The lowest BCUT2D eigenvalue weighted by atomic mass is 10.1. The molecule has 9 N–H and O–H groups in total. The Bertz CT molecular complexity index is 810. The smallest absolute Gasteiger partial charge is 0.328 e. The second-order valence-corrected chi connectivity index (χ2v) is 8.32. The molecule has 12 heteroatoms. The molecule has 190 valence electrons. The Labute approximate surface area is 204 Å². The molecule has 0 aliphatic carbocycles. The largest absolute Gasteiger partial charge is 0.480 e. The molecule has 0 saturated carbocycles. The third kappa shape index (κ3) is 10.1. The minimum atomic E-state index is -1.54. The van der Waals surface area contributed by atoms with Crippen LogP contribution in [0.1, 0.15) is 31.7 Å². The Morgan fingerprint density at radius 1 is 0.971 bits per heavy atom. The number of benzene rings is 1. The van der Waals surface area contributed by atoms with Crippen LogP contribution in [0.5, 0.6) is 0 Å². The molecular formula is C22H35N5O6S. The summed E-state index contributed by atoms with van der Waals surface area (Å²) in [6.45, 7) is 1.61. The van der Waals surface area contributed by atoms with E-state index in [4.69, 9.17) is 11.5 Å². The van der Waals surface area contributed by atoms with Crippen LogP contribution in [-0.4, -0.2) is 76.5 Å². The number of carbonyl (C=O) groups excluding carboxylic acids is 3. The van der Waals surface area contributed by atoms with Gasteiger partial charge in [-0.1, -0.05) is 30.3 Å². The lowest BCUT2D eigenvalue weighted by Gasteiger charge is -2.25. The van der Waals surface area contributed by atoms with Gasteiger partial charge in [-0.15, -0.1) is 0 Å². The van der Waals surface area contributed by atoms with Crippen molar-refractivity contribution in [1.29, 1.82) is 0 Å². The molecule has 0 heterocycles. The zero-order chi connectivity index (χ0) is 25.7. The van der Waals surface area contributed by atoms with Gasteiger partial charge in [0.25, 0.3) is 0 Å². The van der Waals surface area contributed by atoms with Crippen molar-refractivity contribution in [1.82, 2.24) is 16.0 Å². The molecular weight excluding hydrogens is 462 g/mol. The number of unbranched alkanes of at least 4 members (excludes halogenated alkanes) is 1. The maximum atomic E-state index is 12.8. The predicted molar refractivity (Wildman–Crippen MR) is 130 cm³/mol. The van der Waals surface area contributed by atoms with Gasteiger partial charge < -0.3 is 37.6 Å². The number of carboxylic acid groups (broad SMARTS) is 1. The van der Waals surface area contributed by atoms with Gasteiger partial charge in [0, 0.05) is 5.75 Å². The Balaban J connectivity index is 2.83. The van der Waals surface area contributed by atoms with Crippen LogP contribution in [0.4, 0.5) is 0 Å². The minimum Gasteiger partial charge on any atom is -0.480 e. The molecule has 11 nitrogen and oxygen atoms in total. The van der Waals surface area contributed by atoms with E-state index >= 15 is 0 Å². The van der Waals surface area contributed by atoms with Crippen LogP contribution < -0.4 is 27.4 Å². The number of nitrogens with two attached hydrogens (primary N) is 2. The van der Waals surface area contributed by atoms with Gasteiger partial charge in [0.2, 0.25) is 17.7 Å². The van der Waals surface area contributed by atoms with E-state index in [1.54, 1.807) is 0 Å². The van der Waals surface area contributed by atoms with Gasteiger partial charge in [-0.3, -0.25) is 14.4 Å². The van der Waals surface area contributed by atoms with Gasteiger partial charge in [-0.05, 0) is 44.7 Å². The number of aliphatic hydroxyl groups is 1. The van der Waals surface area contributed by atoms with Crippen LogP contribution in [-0.2, 0) is 25.6 Å². The molecule has 1 aromatic carbocycles. The van der Waals surface area contributed by atoms with E-state index in [1.807, 2.05) is 30.3 Å². The number of hydrogen-bond donors (Lipinski definition) is 8. The van der Waals surface area contributed by atoms with Crippen molar-refractivity contribution < 1.29 is 29.4 Å². The zero-order valence-corrected chi connectivity index (χ0v) is 20.0. The first-order chi connectivity index (χ1) is 16.1. The van der Waals surface area contributed by atoms with Crippen molar-refractivity contribution in [3.05, 3.63) is 35.9 Å². The van der Waals surface area contributed by atoms with Crippen molar-refractivity contribution in [2.24, 2.45) is 11.5 Å². The Morgan fingerprint density at radius 3 is 2.09 bits per heavy atom. The first-order valence-electron chi connectivity index (χ1n) is 11.0. The molecule has 0 aliphatic rings. The average Bonchev–Trinajstić information content (AvgIpc) is 2.80. The number of nitrogens with one attached hydrogen (secondary N) is 3. The molecule has 0 spiro atoms. The highest BCUT2D eigenvalue weighted by Gasteiger charge is 2.31. The highest BCUT2D eigenvalue weighted by molar-refractivity contribution is 7.80. The van der Waals surface area contributed by atoms with Crippen molar-refractivity contribution in [2.45, 2.75) is 62.9 Å². The standard InChI is InChI=1S/C22H35N5O6S/c1-13(28)18(22(32)33)27-20(30)16(9-5-6-10-23)25-21(31)17(12-34)26-19(29)15(24)11-14-7-3-2-4-8-14/h2-4,7-8,13,15-18,28,34H,5-6,9-12,23-24H2,1H3,(H,25,31)(H,26,29)(H,27,30)(H,32,33). The van der Waals surface area contributed by atoms with E-state index < -0.39 is 54.0 Å². The summed E-state index contributed by atoms with van der Waals surface area (Å²) in [6, 6.07) is 4.54. The maximum Gasteiger partial charge on any atom is 0.328 e. The molecule has 1 rings (SSSR count). The van der Waals surface area contributed by atoms with E-state index in [1.165, 1.54) is 6.92 Å². The predicted octanol–water partition coefficient (Wildman–Crippen LogP) is -1.46. The van der Waals surface area contributed by atoms with Gasteiger partial charge in [0.05, 0.1) is 12.1 Å². The fraction of sp³-hybridized carbons (Fsp3) is 0.545. The number of amides is 3. The number of carboxylic acids is 1. The molecule has 0 fully saturated rings. The molecule has 0 aromatic heterocycles. The molecule has 5 atom stereocenters. The van der Waals surface area contributed by atoms with Crippen LogP contribution in [0.15, 0.2) is 30.3 Å². The summed E-state index contributed by atoms with van der Waals surface area (Å²) in [5.41, 5.74) is 12.3. The number of carbonyl (C=O) groups is 4. The maximum absolute atomic E-state index is 12.8. The third-order valence-electron chi connectivity index (χ3n) is 5.08. The monoisotopic (exact) mass is 497 g/mol. The molecule has 0 saturated heterocycles. The normalized spacial score (nSPS) is 15.3. The lowest BCUT2D eigenvalue weighted by molar-refractivity contribution is -0.145. The van der Waals surface area contributed by atoms with Crippen molar-refractivity contribution >= 4 is 36.3 Å². The quantitative estimate of drug-likeness (QED) is 0.106. The summed E-state index contributed by atoms with van der Waals surface area (Å²) in [5, 5.41) is 26.1. The number of rotatable bonds is 15. The number of thiol groups is 1. The fourth-order valence-corrected chi connectivity index (χ4v) is 3.37. The van der Waals surface area contributed by atoms with E-state index in [-0.39, 0.29) is 18.6 Å². The molecule has 0 bridgehead atoms.